The van der Waals surface area contributed by atoms with Crippen LogP contribution >= 0.6 is 0 Å². The largest absolute Gasteiger partial charge is 0.385 e. The van der Waals surface area contributed by atoms with Crippen molar-refractivity contribution in [3.8, 4) is 0 Å². The van der Waals surface area contributed by atoms with Crippen molar-refractivity contribution in [2.24, 2.45) is 0 Å². The second-order valence-corrected chi connectivity index (χ2v) is 4.00. The van der Waals surface area contributed by atoms with Crippen LogP contribution in [0.1, 0.15) is 11.1 Å². The number of hydrogen-bond acceptors (Lipinski definition) is 2. The third-order valence-electron chi connectivity index (χ3n) is 2.62. The Morgan fingerprint density at radius 1 is 1.29 bits per heavy atom. The highest BCUT2D eigenvalue weighted by atomic mass is 19.1. The van der Waals surface area contributed by atoms with Crippen LogP contribution in [-0.4, -0.2) is 11.5 Å². The molecule has 0 spiro atoms. The SMILES string of the molecule is Cc1cc(NCCc2cccnc2)ccc1F. The molecule has 0 atom stereocenters. The molecule has 2 rings (SSSR count). The van der Waals surface area contributed by atoms with E-state index in [1.807, 2.05) is 24.4 Å². The van der Waals surface area contributed by atoms with Gasteiger partial charge in [0, 0.05) is 24.6 Å². The van der Waals surface area contributed by atoms with Crippen molar-refractivity contribution in [3.05, 3.63) is 59.7 Å². The summed E-state index contributed by atoms with van der Waals surface area (Å²) in [6.07, 6.45) is 4.53. The highest BCUT2D eigenvalue weighted by Crippen LogP contribution is 2.13. The number of nitrogens with one attached hydrogen (secondary N) is 1. The van der Waals surface area contributed by atoms with Crippen LogP contribution < -0.4 is 5.32 Å². The molecule has 0 saturated heterocycles. The van der Waals surface area contributed by atoms with Gasteiger partial charge in [-0.05, 0) is 48.7 Å². The van der Waals surface area contributed by atoms with E-state index in [1.54, 1.807) is 19.2 Å². The van der Waals surface area contributed by atoms with Crippen molar-refractivity contribution >= 4 is 5.69 Å². The van der Waals surface area contributed by atoms with E-state index in [0.717, 1.165) is 18.7 Å². The minimum absolute atomic E-state index is 0.164. The van der Waals surface area contributed by atoms with Gasteiger partial charge in [-0.2, -0.15) is 0 Å². The first-order valence-corrected chi connectivity index (χ1v) is 5.64. The molecule has 0 fully saturated rings. The van der Waals surface area contributed by atoms with Gasteiger partial charge in [-0.15, -0.1) is 0 Å². The first-order chi connectivity index (χ1) is 8.25. The van der Waals surface area contributed by atoms with Crippen molar-refractivity contribution in [1.82, 2.24) is 4.98 Å². The molecule has 1 heterocycles. The van der Waals surface area contributed by atoms with Gasteiger partial charge in [-0.3, -0.25) is 4.98 Å². The quantitative estimate of drug-likeness (QED) is 0.872. The Morgan fingerprint density at radius 2 is 2.18 bits per heavy atom. The van der Waals surface area contributed by atoms with Gasteiger partial charge in [0.25, 0.3) is 0 Å². The minimum Gasteiger partial charge on any atom is -0.385 e. The first-order valence-electron chi connectivity index (χ1n) is 5.64. The summed E-state index contributed by atoms with van der Waals surface area (Å²) in [4.78, 5) is 4.06. The molecule has 2 aromatic rings. The molecule has 0 bridgehead atoms. The van der Waals surface area contributed by atoms with Crippen LogP contribution in [0.15, 0.2) is 42.7 Å². The highest BCUT2D eigenvalue weighted by Gasteiger charge is 1.98. The molecule has 0 aliphatic heterocycles. The summed E-state index contributed by atoms with van der Waals surface area (Å²) in [5, 5.41) is 3.27. The normalized spacial score (nSPS) is 10.2. The lowest BCUT2D eigenvalue weighted by molar-refractivity contribution is 0.618. The predicted octanol–water partition coefficient (Wildman–Crippen LogP) is 3.18. The van der Waals surface area contributed by atoms with Crippen molar-refractivity contribution < 1.29 is 4.39 Å². The monoisotopic (exact) mass is 230 g/mol. The topological polar surface area (TPSA) is 24.9 Å². The molecular formula is C14H15FN2. The maximum absolute atomic E-state index is 13.0. The maximum Gasteiger partial charge on any atom is 0.126 e. The van der Waals surface area contributed by atoms with E-state index in [4.69, 9.17) is 0 Å². The summed E-state index contributed by atoms with van der Waals surface area (Å²) < 4.78 is 13.0. The van der Waals surface area contributed by atoms with E-state index in [2.05, 4.69) is 10.3 Å². The minimum atomic E-state index is -0.164. The lowest BCUT2D eigenvalue weighted by Gasteiger charge is -2.07. The first kappa shape index (κ1) is 11.6. The van der Waals surface area contributed by atoms with Crippen molar-refractivity contribution in [1.29, 1.82) is 0 Å². The third-order valence-corrected chi connectivity index (χ3v) is 2.62. The third kappa shape index (κ3) is 3.28. The summed E-state index contributed by atoms with van der Waals surface area (Å²) in [6.45, 7) is 2.58. The zero-order valence-electron chi connectivity index (χ0n) is 9.78. The van der Waals surface area contributed by atoms with E-state index >= 15 is 0 Å². The number of nitrogens with zero attached hydrogens (tertiary/aromatic N) is 1. The predicted molar refractivity (Wildman–Crippen MR) is 67.6 cm³/mol. The number of benzene rings is 1. The van der Waals surface area contributed by atoms with E-state index in [1.165, 1.54) is 11.6 Å². The number of halogens is 1. The van der Waals surface area contributed by atoms with Gasteiger partial charge in [-0.1, -0.05) is 6.07 Å². The Balaban J connectivity index is 1.88. The zero-order chi connectivity index (χ0) is 12.1. The molecule has 0 aliphatic rings. The van der Waals surface area contributed by atoms with Crippen molar-refractivity contribution in [2.75, 3.05) is 11.9 Å². The fourth-order valence-corrected chi connectivity index (χ4v) is 1.65. The molecular weight excluding hydrogens is 215 g/mol. The molecule has 17 heavy (non-hydrogen) atoms. The van der Waals surface area contributed by atoms with Gasteiger partial charge in [0.1, 0.15) is 5.82 Å². The highest BCUT2D eigenvalue weighted by molar-refractivity contribution is 5.45. The Kier molecular flexibility index (Phi) is 3.70. The smallest absolute Gasteiger partial charge is 0.126 e. The Hall–Kier alpha value is -1.90. The lowest BCUT2D eigenvalue weighted by atomic mass is 10.2. The summed E-state index contributed by atoms with van der Waals surface area (Å²) in [6, 6.07) is 9.04. The van der Waals surface area contributed by atoms with Gasteiger partial charge >= 0.3 is 0 Å². The van der Waals surface area contributed by atoms with Crippen molar-refractivity contribution in [3.63, 3.8) is 0 Å². The summed E-state index contributed by atoms with van der Waals surface area (Å²) in [5.74, 6) is -0.164. The summed E-state index contributed by atoms with van der Waals surface area (Å²) >= 11 is 0. The number of aryl methyl sites for hydroxylation is 1. The van der Waals surface area contributed by atoms with E-state index in [0.29, 0.717) is 5.56 Å². The second-order valence-electron chi connectivity index (χ2n) is 4.00. The molecule has 2 nitrogen and oxygen atoms in total. The number of hydrogen-bond donors (Lipinski definition) is 1. The Labute approximate surface area is 101 Å². The molecule has 88 valence electrons. The fourth-order valence-electron chi connectivity index (χ4n) is 1.65. The van der Waals surface area contributed by atoms with Crippen LogP contribution in [0.5, 0.6) is 0 Å². The standard InChI is InChI=1S/C14H15FN2/c1-11-9-13(4-5-14(11)15)17-8-6-12-3-2-7-16-10-12/h2-5,7,9-10,17H,6,8H2,1H3. The van der Waals surface area contributed by atoms with Gasteiger partial charge in [0.15, 0.2) is 0 Å². The van der Waals surface area contributed by atoms with Crippen LogP contribution in [0.25, 0.3) is 0 Å². The van der Waals surface area contributed by atoms with Gasteiger partial charge < -0.3 is 5.32 Å². The summed E-state index contributed by atoms with van der Waals surface area (Å²) in [5.41, 5.74) is 2.81. The number of anilines is 1. The average Bonchev–Trinajstić information content (AvgIpc) is 2.35. The van der Waals surface area contributed by atoms with Crippen LogP contribution in [0.4, 0.5) is 10.1 Å². The molecule has 1 N–H and O–H groups in total. The fraction of sp³-hybridized carbons (Fsp3) is 0.214. The van der Waals surface area contributed by atoms with Gasteiger partial charge in [-0.25, -0.2) is 4.39 Å². The molecule has 0 aliphatic carbocycles. The van der Waals surface area contributed by atoms with E-state index in [9.17, 15) is 4.39 Å². The maximum atomic E-state index is 13.0. The van der Waals surface area contributed by atoms with Crippen LogP contribution in [0.3, 0.4) is 0 Å². The number of aromatic nitrogens is 1. The van der Waals surface area contributed by atoms with Crippen molar-refractivity contribution in [2.45, 2.75) is 13.3 Å². The Bertz CT molecular complexity index is 483. The Morgan fingerprint density at radius 3 is 2.88 bits per heavy atom. The molecule has 0 saturated carbocycles. The molecule has 1 aromatic carbocycles. The zero-order valence-corrected chi connectivity index (χ0v) is 9.78. The van der Waals surface area contributed by atoms with E-state index in [-0.39, 0.29) is 5.82 Å². The van der Waals surface area contributed by atoms with Crippen LogP contribution in [-0.2, 0) is 6.42 Å². The number of pyridine rings is 1. The van der Waals surface area contributed by atoms with E-state index < -0.39 is 0 Å². The molecule has 1 aromatic heterocycles. The molecule has 3 heteroatoms. The molecule has 0 amide bonds. The number of rotatable bonds is 4. The average molecular weight is 230 g/mol. The summed E-state index contributed by atoms with van der Waals surface area (Å²) in [7, 11) is 0. The molecule has 0 radical (unpaired) electrons. The lowest BCUT2D eigenvalue weighted by Crippen LogP contribution is -2.05. The van der Waals surface area contributed by atoms with Crippen LogP contribution in [0.2, 0.25) is 0 Å². The molecule has 0 unspecified atom stereocenters. The van der Waals surface area contributed by atoms with Gasteiger partial charge in [0.2, 0.25) is 0 Å². The van der Waals surface area contributed by atoms with Gasteiger partial charge in [0.05, 0.1) is 0 Å². The van der Waals surface area contributed by atoms with Crippen LogP contribution in [0, 0.1) is 12.7 Å². The second kappa shape index (κ2) is 5.43.